The van der Waals surface area contributed by atoms with Crippen molar-refractivity contribution in [1.82, 2.24) is 15.2 Å². The molecule has 0 aliphatic carbocycles. The fraction of sp³-hybridized carbons (Fsp3) is 0.286. The third-order valence-electron chi connectivity index (χ3n) is 4.64. The van der Waals surface area contributed by atoms with Gasteiger partial charge in [0.15, 0.2) is 0 Å². The number of aryl methyl sites for hydroxylation is 5. The van der Waals surface area contributed by atoms with Crippen LogP contribution in [0.3, 0.4) is 0 Å². The lowest BCUT2D eigenvalue weighted by atomic mass is 10.0. The van der Waals surface area contributed by atoms with Crippen molar-refractivity contribution < 1.29 is 0 Å². The third kappa shape index (κ3) is 4.06. The van der Waals surface area contributed by atoms with Gasteiger partial charge in [-0.3, -0.25) is 4.98 Å². The highest BCUT2D eigenvalue weighted by Crippen LogP contribution is 2.27. The van der Waals surface area contributed by atoms with E-state index in [0.29, 0.717) is 0 Å². The molecule has 1 aromatic carbocycles. The maximum Gasteiger partial charge on any atom is 0.0940 e. The van der Waals surface area contributed by atoms with E-state index in [4.69, 9.17) is 0 Å². The molecule has 0 N–H and O–H groups in total. The summed E-state index contributed by atoms with van der Waals surface area (Å²) in [6.07, 6.45) is 1.82. The largest absolute Gasteiger partial charge is 0.258 e. The molecule has 0 radical (unpaired) electrons. The number of pyridine rings is 1. The SMILES string of the molecule is Cc1ccc(CCc2ccc(-c3ccc(C)c(C)c3I)nn2)c(C)n1. The van der Waals surface area contributed by atoms with E-state index in [1.165, 1.54) is 20.3 Å². The van der Waals surface area contributed by atoms with Crippen LogP contribution >= 0.6 is 22.6 Å². The van der Waals surface area contributed by atoms with Gasteiger partial charge in [-0.2, -0.15) is 10.2 Å². The zero-order valence-corrected chi connectivity index (χ0v) is 17.3. The second kappa shape index (κ2) is 7.60. The van der Waals surface area contributed by atoms with Crippen LogP contribution in [0, 0.1) is 31.3 Å². The van der Waals surface area contributed by atoms with Gasteiger partial charge in [-0.1, -0.05) is 18.2 Å². The Kier molecular flexibility index (Phi) is 5.47. The minimum atomic E-state index is 0.878. The Hall–Kier alpha value is -1.82. The van der Waals surface area contributed by atoms with Crippen LogP contribution in [0.5, 0.6) is 0 Å². The van der Waals surface area contributed by atoms with Crippen molar-refractivity contribution in [2.45, 2.75) is 40.5 Å². The van der Waals surface area contributed by atoms with Gasteiger partial charge in [-0.05, 0) is 98.0 Å². The molecule has 0 saturated heterocycles. The summed E-state index contributed by atoms with van der Waals surface area (Å²) in [6.45, 7) is 8.38. The predicted molar refractivity (Wildman–Crippen MR) is 111 cm³/mol. The van der Waals surface area contributed by atoms with Crippen LogP contribution in [0.1, 0.15) is 33.8 Å². The van der Waals surface area contributed by atoms with Gasteiger partial charge in [0.2, 0.25) is 0 Å². The van der Waals surface area contributed by atoms with Crippen LogP contribution in [0.4, 0.5) is 0 Å². The number of aromatic nitrogens is 3. The summed E-state index contributed by atoms with van der Waals surface area (Å²) < 4.78 is 1.25. The lowest BCUT2D eigenvalue weighted by Crippen LogP contribution is -2.01. The van der Waals surface area contributed by atoms with Crippen LogP contribution in [0.25, 0.3) is 11.3 Å². The number of halogens is 1. The molecule has 0 saturated carbocycles. The van der Waals surface area contributed by atoms with E-state index in [1.807, 2.05) is 6.92 Å². The van der Waals surface area contributed by atoms with E-state index < -0.39 is 0 Å². The van der Waals surface area contributed by atoms with E-state index in [9.17, 15) is 0 Å². The first-order chi connectivity index (χ1) is 12.0. The van der Waals surface area contributed by atoms with Crippen molar-refractivity contribution in [3.63, 3.8) is 0 Å². The van der Waals surface area contributed by atoms with E-state index in [-0.39, 0.29) is 0 Å². The van der Waals surface area contributed by atoms with E-state index in [0.717, 1.165) is 41.2 Å². The van der Waals surface area contributed by atoms with Gasteiger partial charge in [-0.15, -0.1) is 0 Å². The molecule has 2 aromatic heterocycles. The first-order valence-electron chi connectivity index (χ1n) is 8.47. The van der Waals surface area contributed by atoms with E-state index >= 15 is 0 Å². The molecule has 0 aliphatic heterocycles. The minimum absolute atomic E-state index is 0.878. The Labute approximate surface area is 163 Å². The van der Waals surface area contributed by atoms with Gasteiger partial charge < -0.3 is 0 Å². The Morgan fingerprint density at radius 3 is 2.32 bits per heavy atom. The summed E-state index contributed by atoms with van der Waals surface area (Å²) in [6, 6.07) is 12.7. The number of rotatable bonds is 4. The molecule has 4 heteroatoms. The molecule has 0 spiro atoms. The average molecular weight is 443 g/mol. The fourth-order valence-corrected chi connectivity index (χ4v) is 3.74. The molecule has 3 rings (SSSR count). The van der Waals surface area contributed by atoms with Crippen LogP contribution in [-0.2, 0) is 12.8 Å². The molecular formula is C21H22IN3. The van der Waals surface area contributed by atoms with Gasteiger partial charge in [-0.25, -0.2) is 0 Å². The van der Waals surface area contributed by atoms with Crippen LogP contribution < -0.4 is 0 Å². The normalized spacial score (nSPS) is 10.9. The first-order valence-corrected chi connectivity index (χ1v) is 9.55. The standard InChI is InChI=1S/C21H22IN3/c1-13-5-11-19(21(22)15(13)3)20-12-10-18(24-25-20)9-8-17-7-6-14(2)23-16(17)4/h5-7,10-12H,8-9H2,1-4H3. The van der Waals surface area contributed by atoms with Crippen molar-refractivity contribution in [2.75, 3.05) is 0 Å². The Balaban J connectivity index is 1.75. The Bertz CT molecular complexity index is 902. The highest BCUT2D eigenvalue weighted by molar-refractivity contribution is 14.1. The second-order valence-electron chi connectivity index (χ2n) is 6.48. The zero-order valence-electron chi connectivity index (χ0n) is 15.1. The van der Waals surface area contributed by atoms with Gasteiger partial charge in [0.1, 0.15) is 0 Å². The van der Waals surface area contributed by atoms with Gasteiger partial charge in [0.05, 0.1) is 11.4 Å². The Morgan fingerprint density at radius 2 is 1.64 bits per heavy atom. The molecule has 0 atom stereocenters. The quantitative estimate of drug-likeness (QED) is 0.523. The van der Waals surface area contributed by atoms with Crippen LogP contribution in [0.15, 0.2) is 36.4 Å². The zero-order chi connectivity index (χ0) is 18.0. The number of hydrogen-bond donors (Lipinski definition) is 0. The molecule has 25 heavy (non-hydrogen) atoms. The molecule has 3 nitrogen and oxygen atoms in total. The molecule has 0 bridgehead atoms. The predicted octanol–water partition coefficient (Wildman–Crippen LogP) is 5.16. The number of benzene rings is 1. The summed E-state index contributed by atoms with van der Waals surface area (Å²) in [7, 11) is 0. The lowest BCUT2D eigenvalue weighted by Gasteiger charge is -2.10. The summed E-state index contributed by atoms with van der Waals surface area (Å²) in [5, 5.41) is 8.90. The topological polar surface area (TPSA) is 38.7 Å². The van der Waals surface area contributed by atoms with Crippen molar-refractivity contribution in [2.24, 2.45) is 0 Å². The van der Waals surface area contributed by atoms with Gasteiger partial charge in [0, 0.05) is 20.5 Å². The maximum absolute atomic E-state index is 4.53. The first kappa shape index (κ1) is 18.0. The van der Waals surface area contributed by atoms with E-state index in [1.54, 1.807) is 0 Å². The monoisotopic (exact) mass is 443 g/mol. The minimum Gasteiger partial charge on any atom is -0.258 e. The molecular weight excluding hydrogens is 421 g/mol. The molecule has 2 heterocycles. The molecule has 0 unspecified atom stereocenters. The molecule has 0 fully saturated rings. The molecule has 3 aromatic rings. The van der Waals surface area contributed by atoms with Crippen molar-refractivity contribution >= 4 is 22.6 Å². The summed E-state index contributed by atoms with van der Waals surface area (Å²) in [5.74, 6) is 0. The fourth-order valence-electron chi connectivity index (χ4n) is 2.86. The van der Waals surface area contributed by atoms with Crippen LogP contribution in [0.2, 0.25) is 0 Å². The molecule has 0 aliphatic rings. The van der Waals surface area contributed by atoms with Crippen molar-refractivity contribution in [1.29, 1.82) is 0 Å². The number of hydrogen-bond acceptors (Lipinski definition) is 3. The Morgan fingerprint density at radius 1 is 0.840 bits per heavy atom. The van der Waals surface area contributed by atoms with Gasteiger partial charge >= 0.3 is 0 Å². The van der Waals surface area contributed by atoms with Crippen LogP contribution in [-0.4, -0.2) is 15.2 Å². The lowest BCUT2D eigenvalue weighted by molar-refractivity contribution is 0.849. The molecule has 0 amide bonds. The summed E-state index contributed by atoms with van der Waals surface area (Å²) in [5.41, 5.74) is 9.17. The third-order valence-corrected chi connectivity index (χ3v) is 6.03. The highest BCUT2D eigenvalue weighted by atomic mass is 127. The van der Waals surface area contributed by atoms with E-state index in [2.05, 4.69) is 94.9 Å². The maximum atomic E-state index is 4.53. The smallest absolute Gasteiger partial charge is 0.0940 e. The summed E-state index contributed by atoms with van der Waals surface area (Å²) in [4.78, 5) is 4.53. The second-order valence-corrected chi connectivity index (χ2v) is 7.55. The van der Waals surface area contributed by atoms with Crippen molar-refractivity contribution in [3.05, 3.63) is 73.7 Å². The molecule has 128 valence electrons. The van der Waals surface area contributed by atoms with Gasteiger partial charge in [0.25, 0.3) is 0 Å². The summed E-state index contributed by atoms with van der Waals surface area (Å²) >= 11 is 2.40. The number of nitrogens with zero attached hydrogens (tertiary/aromatic N) is 3. The highest BCUT2D eigenvalue weighted by Gasteiger charge is 2.09. The average Bonchev–Trinajstić information content (AvgIpc) is 2.60. The van der Waals surface area contributed by atoms with Crippen molar-refractivity contribution in [3.8, 4) is 11.3 Å².